The number of nitrogens with zero attached hydrogens (tertiary/aromatic N) is 1. The van der Waals surface area contributed by atoms with Crippen LogP contribution in [-0.2, 0) is 9.53 Å². The van der Waals surface area contributed by atoms with E-state index in [1.165, 1.54) is 11.6 Å². The van der Waals surface area contributed by atoms with E-state index < -0.39 is 0 Å². The summed E-state index contributed by atoms with van der Waals surface area (Å²) in [6, 6.07) is 4.85. The average molecular weight is 326 g/mol. The number of esters is 1. The van der Waals surface area contributed by atoms with Crippen LogP contribution >= 0.6 is 11.6 Å². The molecule has 0 spiro atoms. The van der Waals surface area contributed by atoms with E-state index in [9.17, 15) is 9.18 Å². The zero-order chi connectivity index (χ0) is 15.9. The van der Waals surface area contributed by atoms with Crippen molar-refractivity contribution in [2.45, 2.75) is 26.2 Å². The molecule has 22 heavy (non-hydrogen) atoms. The lowest BCUT2D eigenvalue weighted by Crippen LogP contribution is -2.29. The van der Waals surface area contributed by atoms with Crippen LogP contribution in [0.1, 0.15) is 31.7 Å². The van der Waals surface area contributed by atoms with Gasteiger partial charge in [0.25, 0.3) is 0 Å². The van der Waals surface area contributed by atoms with E-state index in [0.717, 1.165) is 38.0 Å². The molecule has 0 radical (unpaired) electrons. The highest BCUT2D eigenvalue weighted by molar-refractivity contribution is 6.30. The third kappa shape index (κ3) is 4.82. The van der Waals surface area contributed by atoms with E-state index in [1.807, 2.05) is 6.92 Å². The second kappa shape index (κ2) is 8.30. The minimum Gasteiger partial charge on any atom is -0.466 e. The maximum Gasteiger partial charge on any atom is 0.305 e. The predicted octanol–water partition coefficient (Wildman–Crippen LogP) is 3.91. The van der Waals surface area contributed by atoms with Gasteiger partial charge in [0.2, 0.25) is 0 Å². The van der Waals surface area contributed by atoms with Crippen molar-refractivity contribution in [1.29, 1.82) is 0 Å². The lowest BCUT2D eigenvalue weighted by Gasteiger charge is -2.26. The topological polar surface area (TPSA) is 29.5 Å². The molecule has 0 amide bonds. The van der Waals surface area contributed by atoms with Crippen LogP contribution in [0.3, 0.4) is 0 Å². The first-order valence-electron chi connectivity index (χ1n) is 7.62. The molecule has 0 N–H and O–H groups in total. The van der Waals surface area contributed by atoms with Crippen LogP contribution in [0.25, 0.3) is 5.57 Å². The summed E-state index contributed by atoms with van der Waals surface area (Å²) in [5, 5.41) is 0.162. The lowest BCUT2D eigenvalue weighted by molar-refractivity contribution is -0.143. The molecule has 3 nitrogen and oxygen atoms in total. The number of carbonyl (C=O) groups excluding carboxylic acids is 1. The lowest BCUT2D eigenvalue weighted by atomic mass is 9.99. The molecule has 0 unspecified atom stereocenters. The molecule has 0 aromatic heterocycles. The molecule has 0 fully saturated rings. The standard InChI is InChI=1S/C17H21ClFNO2/c1-2-22-17(21)4-3-9-20-10-7-13(8-11-20)14-5-6-16(19)15(18)12-14/h5-7,12H,2-4,8-11H2,1H3. The SMILES string of the molecule is CCOC(=O)CCCN1CC=C(c2ccc(F)c(Cl)c2)CC1. The molecular formula is C17H21ClFNO2. The van der Waals surface area contributed by atoms with Crippen molar-refractivity contribution < 1.29 is 13.9 Å². The van der Waals surface area contributed by atoms with Crippen LogP contribution < -0.4 is 0 Å². The predicted molar refractivity (Wildman–Crippen MR) is 86.3 cm³/mol. The van der Waals surface area contributed by atoms with Crippen LogP contribution in [0.2, 0.25) is 5.02 Å². The number of rotatable bonds is 6. The molecule has 1 aromatic rings. The third-order valence-electron chi connectivity index (χ3n) is 3.74. The molecule has 0 bridgehead atoms. The maximum absolute atomic E-state index is 13.2. The maximum atomic E-state index is 13.2. The van der Waals surface area contributed by atoms with Crippen molar-refractivity contribution >= 4 is 23.1 Å². The molecule has 0 saturated carbocycles. The van der Waals surface area contributed by atoms with E-state index in [2.05, 4.69) is 11.0 Å². The van der Waals surface area contributed by atoms with Gasteiger partial charge in [0, 0.05) is 19.5 Å². The van der Waals surface area contributed by atoms with Crippen molar-refractivity contribution in [1.82, 2.24) is 4.90 Å². The summed E-state index contributed by atoms with van der Waals surface area (Å²) in [5.74, 6) is -0.515. The van der Waals surface area contributed by atoms with Crippen molar-refractivity contribution in [3.05, 3.63) is 40.7 Å². The second-order valence-electron chi connectivity index (χ2n) is 5.32. The van der Waals surface area contributed by atoms with Crippen molar-refractivity contribution in [2.75, 3.05) is 26.2 Å². The van der Waals surface area contributed by atoms with Crippen molar-refractivity contribution in [3.63, 3.8) is 0 Å². The zero-order valence-electron chi connectivity index (χ0n) is 12.8. The van der Waals surface area contributed by atoms with Gasteiger partial charge in [-0.1, -0.05) is 23.7 Å². The summed E-state index contributed by atoms with van der Waals surface area (Å²) in [4.78, 5) is 13.6. The Labute approximate surface area is 135 Å². The van der Waals surface area contributed by atoms with E-state index in [4.69, 9.17) is 16.3 Å². The molecule has 2 rings (SSSR count). The van der Waals surface area contributed by atoms with E-state index in [0.29, 0.717) is 13.0 Å². The fourth-order valence-corrected chi connectivity index (χ4v) is 2.73. The fourth-order valence-electron chi connectivity index (χ4n) is 2.55. The number of benzene rings is 1. The van der Waals surface area contributed by atoms with Crippen LogP contribution in [0.4, 0.5) is 4.39 Å². The Hall–Kier alpha value is -1.39. The summed E-state index contributed by atoms with van der Waals surface area (Å²) in [7, 11) is 0. The normalized spacial score (nSPS) is 15.5. The van der Waals surface area contributed by atoms with Gasteiger partial charge in [-0.3, -0.25) is 9.69 Å². The highest BCUT2D eigenvalue weighted by Crippen LogP contribution is 2.26. The molecule has 1 aromatic carbocycles. The molecule has 0 saturated heterocycles. The summed E-state index contributed by atoms with van der Waals surface area (Å²) < 4.78 is 18.1. The third-order valence-corrected chi connectivity index (χ3v) is 4.03. The summed E-state index contributed by atoms with van der Waals surface area (Å²) in [6.07, 6.45) is 4.33. The largest absolute Gasteiger partial charge is 0.466 e. The second-order valence-corrected chi connectivity index (χ2v) is 5.72. The van der Waals surface area contributed by atoms with Crippen molar-refractivity contribution in [2.24, 2.45) is 0 Å². The van der Waals surface area contributed by atoms with Gasteiger partial charge in [-0.05, 0) is 49.6 Å². The van der Waals surface area contributed by atoms with Gasteiger partial charge in [0.1, 0.15) is 5.82 Å². The summed E-state index contributed by atoms with van der Waals surface area (Å²) >= 11 is 5.83. The van der Waals surface area contributed by atoms with E-state index in [1.54, 1.807) is 12.1 Å². The molecule has 5 heteroatoms. The van der Waals surface area contributed by atoms with Gasteiger partial charge < -0.3 is 4.74 Å². The molecule has 1 heterocycles. The number of ether oxygens (including phenoxy) is 1. The number of halogens is 2. The van der Waals surface area contributed by atoms with E-state index in [-0.39, 0.29) is 16.8 Å². The van der Waals surface area contributed by atoms with E-state index >= 15 is 0 Å². The molecule has 1 aliphatic heterocycles. The van der Waals surface area contributed by atoms with Crippen LogP contribution in [0, 0.1) is 5.82 Å². The average Bonchev–Trinajstić information content (AvgIpc) is 2.51. The molecular weight excluding hydrogens is 305 g/mol. The highest BCUT2D eigenvalue weighted by Gasteiger charge is 2.14. The quantitative estimate of drug-likeness (QED) is 0.743. The Balaban J connectivity index is 1.82. The molecule has 1 aliphatic rings. The summed E-state index contributed by atoms with van der Waals surface area (Å²) in [5.41, 5.74) is 2.18. The van der Waals surface area contributed by atoms with Gasteiger partial charge >= 0.3 is 5.97 Å². The monoisotopic (exact) mass is 325 g/mol. The fraction of sp³-hybridized carbons (Fsp3) is 0.471. The van der Waals surface area contributed by atoms with Gasteiger partial charge in [-0.15, -0.1) is 0 Å². The molecule has 0 aliphatic carbocycles. The van der Waals surface area contributed by atoms with Crippen molar-refractivity contribution in [3.8, 4) is 0 Å². The van der Waals surface area contributed by atoms with Crippen LogP contribution in [0.15, 0.2) is 24.3 Å². The number of hydrogen-bond donors (Lipinski definition) is 0. The minimum absolute atomic E-state index is 0.128. The Morgan fingerprint density at radius 3 is 2.91 bits per heavy atom. The highest BCUT2D eigenvalue weighted by atomic mass is 35.5. The smallest absolute Gasteiger partial charge is 0.305 e. The van der Waals surface area contributed by atoms with Gasteiger partial charge in [0.05, 0.1) is 11.6 Å². The zero-order valence-corrected chi connectivity index (χ0v) is 13.5. The van der Waals surface area contributed by atoms with Crippen LogP contribution in [-0.4, -0.2) is 37.1 Å². The first kappa shape index (κ1) is 17.0. The minimum atomic E-state index is -0.387. The van der Waals surface area contributed by atoms with Gasteiger partial charge in [-0.25, -0.2) is 4.39 Å². The Morgan fingerprint density at radius 1 is 1.45 bits per heavy atom. The molecule has 120 valence electrons. The number of hydrogen-bond acceptors (Lipinski definition) is 3. The van der Waals surface area contributed by atoms with Gasteiger partial charge in [0.15, 0.2) is 0 Å². The Kier molecular flexibility index (Phi) is 6.40. The first-order chi connectivity index (χ1) is 10.6. The summed E-state index contributed by atoms with van der Waals surface area (Å²) in [6.45, 7) is 4.91. The number of carbonyl (C=O) groups is 1. The molecule has 0 atom stereocenters. The van der Waals surface area contributed by atoms with Gasteiger partial charge in [-0.2, -0.15) is 0 Å². The van der Waals surface area contributed by atoms with Crippen LogP contribution in [0.5, 0.6) is 0 Å². The Bertz CT molecular complexity index is 560. The first-order valence-corrected chi connectivity index (χ1v) is 8.00. The Morgan fingerprint density at radius 2 is 2.27 bits per heavy atom.